The Kier molecular flexibility index (Phi) is 4.79. The predicted octanol–water partition coefficient (Wildman–Crippen LogP) is 4.05. The van der Waals surface area contributed by atoms with Crippen LogP contribution in [0.25, 0.3) is 0 Å². The molecule has 1 heterocycles. The lowest BCUT2D eigenvalue weighted by Gasteiger charge is -2.13. The number of rotatable bonds is 5. The number of thiazole rings is 1. The Balaban J connectivity index is 1.66. The van der Waals surface area contributed by atoms with E-state index in [1.165, 1.54) is 34.8 Å². The van der Waals surface area contributed by atoms with Gasteiger partial charge in [0.2, 0.25) is 0 Å². The Hall–Kier alpha value is -1.39. The Bertz CT molecular complexity index is 595. The summed E-state index contributed by atoms with van der Waals surface area (Å²) in [5.41, 5.74) is 8.82. The van der Waals surface area contributed by atoms with Gasteiger partial charge >= 0.3 is 0 Å². The Morgan fingerprint density at radius 1 is 1.18 bits per heavy atom. The number of fused-ring (bicyclic) bond motifs is 1. The smallest absolute Gasteiger partial charge is 0.119 e. The monoisotopic (exact) mass is 316 g/mol. The fraction of sp³-hybridized carbons (Fsp3) is 0.500. The minimum atomic E-state index is 0.000651. The van der Waals surface area contributed by atoms with E-state index in [2.05, 4.69) is 12.1 Å². The number of hydrogen-bond donors (Lipinski definition) is 1. The number of benzene rings is 1. The summed E-state index contributed by atoms with van der Waals surface area (Å²) in [6.45, 7) is 4.06. The summed E-state index contributed by atoms with van der Waals surface area (Å²) in [5, 5.41) is 1.18. The number of ether oxygens (including phenoxy) is 1. The second-order valence-corrected chi connectivity index (χ2v) is 7.40. The van der Waals surface area contributed by atoms with Gasteiger partial charge in [-0.2, -0.15) is 0 Å². The second kappa shape index (κ2) is 6.80. The lowest BCUT2D eigenvalue weighted by Crippen LogP contribution is -2.13. The number of hydrogen-bond acceptors (Lipinski definition) is 4. The van der Waals surface area contributed by atoms with Crippen molar-refractivity contribution >= 4 is 11.3 Å². The van der Waals surface area contributed by atoms with Crippen molar-refractivity contribution in [3.05, 3.63) is 45.4 Å². The molecule has 0 fully saturated rings. The topological polar surface area (TPSA) is 48.1 Å². The summed E-state index contributed by atoms with van der Waals surface area (Å²) < 4.78 is 5.67. The molecule has 0 aliphatic heterocycles. The molecule has 0 bridgehead atoms. The molecule has 1 aromatic heterocycles. The molecule has 22 heavy (non-hydrogen) atoms. The van der Waals surface area contributed by atoms with Gasteiger partial charge in [0.15, 0.2) is 0 Å². The molecule has 1 unspecified atom stereocenters. The van der Waals surface area contributed by atoms with Crippen molar-refractivity contribution < 1.29 is 4.74 Å². The zero-order chi connectivity index (χ0) is 15.5. The lowest BCUT2D eigenvalue weighted by molar-refractivity contribution is 0.242. The van der Waals surface area contributed by atoms with Crippen molar-refractivity contribution in [2.24, 2.45) is 5.73 Å². The van der Waals surface area contributed by atoms with E-state index in [9.17, 15) is 0 Å². The second-order valence-electron chi connectivity index (χ2n) is 6.23. The average molecular weight is 316 g/mol. The van der Waals surface area contributed by atoms with Gasteiger partial charge in [-0.1, -0.05) is 12.1 Å². The summed E-state index contributed by atoms with van der Waals surface area (Å²) in [5.74, 6) is 0.899. The van der Waals surface area contributed by atoms with Crippen LogP contribution in [0, 0.1) is 0 Å². The van der Waals surface area contributed by atoms with Crippen LogP contribution in [0.5, 0.6) is 5.75 Å². The average Bonchev–Trinajstić information content (AvgIpc) is 2.89. The molecule has 2 N–H and O–H groups in total. The fourth-order valence-electron chi connectivity index (χ4n) is 2.86. The van der Waals surface area contributed by atoms with Crippen molar-refractivity contribution in [2.45, 2.75) is 58.1 Å². The molecule has 3 rings (SSSR count). The van der Waals surface area contributed by atoms with Gasteiger partial charge in [-0.05, 0) is 57.2 Å². The van der Waals surface area contributed by atoms with Crippen molar-refractivity contribution in [1.82, 2.24) is 4.98 Å². The van der Waals surface area contributed by atoms with Crippen LogP contribution in [0.2, 0.25) is 0 Å². The van der Waals surface area contributed by atoms with E-state index in [4.69, 9.17) is 15.5 Å². The molecule has 0 saturated heterocycles. The van der Waals surface area contributed by atoms with Gasteiger partial charge in [-0.15, -0.1) is 11.3 Å². The summed E-state index contributed by atoms with van der Waals surface area (Å²) in [4.78, 5) is 6.27. The Labute approximate surface area is 136 Å². The molecule has 4 heteroatoms. The molecule has 118 valence electrons. The summed E-state index contributed by atoms with van der Waals surface area (Å²) in [6, 6.07) is 8.14. The maximum atomic E-state index is 6.36. The van der Waals surface area contributed by atoms with Crippen LogP contribution in [-0.2, 0) is 19.3 Å². The van der Waals surface area contributed by atoms with Gasteiger partial charge in [-0.3, -0.25) is 0 Å². The number of aryl methyl sites for hydroxylation is 2. The van der Waals surface area contributed by atoms with Crippen molar-refractivity contribution in [2.75, 3.05) is 0 Å². The Morgan fingerprint density at radius 3 is 2.59 bits per heavy atom. The quantitative estimate of drug-likeness (QED) is 0.905. The third kappa shape index (κ3) is 3.68. The van der Waals surface area contributed by atoms with Crippen molar-refractivity contribution in [3.8, 4) is 5.75 Å². The highest BCUT2D eigenvalue weighted by Gasteiger charge is 2.17. The van der Waals surface area contributed by atoms with Crippen molar-refractivity contribution in [3.63, 3.8) is 0 Å². The minimum absolute atomic E-state index is 0.000651. The number of nitrogens with two attached hydrogens (primary N) is 1. The minimum Gasteiger partial charge on any atom is -0.491 e. The zero-order valence-electron chi connectivity index (χ0n) is 13.3. The highest BCUT2D eigenvalue weighted by atomic mass is 32.1. The van der Waals surface area contributed by atoms with Gasteiger partial charge < -0.3 is 10.5 Å². The molecular weight excluding hydrogens is 292 g/mol. The zero-order valence-corrected chi connectivity index (χ0v) is 14.2. The molecule has 1 aliphatic rings. The number of aromatic nitrogens is 1. The van der Waals surface area contributed by atoms with Gasteiger partial charge in [-0.25, -0.2) is 4.98 Å². The standard InChI is InChI=1S/C18H24N2OS/c1-12(2)21-14-9-7-13(8-10-14)15(19)11-18-20-16-5-3-4-6-17(16)22-18/h7-10,12,15H,3-6,11,19H2,1-2H3. The molecule has 1 atom stereocenters. The van der Waals surface area contributed by atoms with Gasteiger partial charge in [0.05, 0.1) is 16.8 Å². The van der Waals surface area contributed by atoms with Crippen LogP contribution in [0.3, 0.4) is 0 Å². The van der Waals surface area contributed by atoms with E-state index in [1.807, 2.05) is 37.3 Å². The van der Waals surface area contributed by atoms with Crippen LogP contribution < -0.4 is 10.5 Å². The molecule has 0 radical (unpaired) electrons. The van der Waals surface area contributed by atoms with E-state index in [1.54, 1.807) is 0 Å². The summed E-state index contributed by atoms with van der Waals surface area (Å²) in [6.07, 6.45) is 5.94. The Morgan fingerprint density at radius 2 is 1.91 bits per heavy atom. The third-order valence-electron chi connectivity index (χ3n) is 3.96. The summed E-state index contributed by atoms with van der Waals surface area (Å²) in [7, 11) is 0. The van der Waals surface area contributed by atoms with Crippen LogP contribution >= 0.6 is 11.3 Å². The molecule has 0 saturated carbocycles. The SMILES string of the molecule is CC(C)Oc1ccc(C(N)Cc2nc3c(s2)CCCC3)cc1. The first kappa shape index (κ1) is 15.5. The van der Waals surface area contributed by atoms with Crippen LogP contribution in [0.1, 0.15) is 53.9 Å². The predicted molar refractivity (Wildman–Crippen MR) is 91.6 cm³/mol. The van der Waals surface area contributed by atoms with Crippen LogP contribution in [0.4, 0.5) is 0 Å². The fourth-order valence-corrected chi connectivity index (χ4v) is 4.08. The first-order valence-corrected chi connectivity index (χ1v) is 8.93. The van der Waals surface area contributed by atoms with Crippen molar-refractivity contribution in [1.29, 1.82) is 0 Å². The molecule has 3 nitrogen and oxygen atoms in total. The molecule has 1 aromatic carbocycles. The maximum absolute atomic E-state index is 6.36. The first-order chi connectivity index (χ1) is 10.6. The van der Waals surface area contributed by atoms with Gasteiger partial charge in [0.25, 0.3) is 0 Å². The summed E-state index contributed by atoms with van der Waals surface area (Å²) >= 11 is 1.85. The van der Waals surface area contributed by atoms with E-state index in [0.29, 0.717) is 0 Å². The molecule has 0 spiro atoms. The highest BCUT2D eigenvalue weighted by Crippen LogP contribution is 2.29. The van der Waals surface area contributed by atoms with Crippen LogP contribution in [0.15, 0.2) is 24.3 Å². The molecule has 0 amide bonds. The number of nitrogens with zero attached hydrogens (tertiary/aromatic N) is 1. The molecular formula is C18H24N2OS. The highest BCUT2D eigenvalue weighted by molar-refractivity contribution is 7.11. The van der Waals surface area contributed by atoms with Crippen LogP contribution in [-0.4, -0.2) is 11.1 Å². The van der Waals surface area contributed by atoms with E-state index in [-0.39, 0.29) is 12.1 Å². The van der Waals surface area contributed by atoms with E-state index in [0.717, 1.165) is 24.2 Å². The lowest BCUT2D eigenvalue weighted by atomic mass is 10.0. The molecule has 1 aliphatic carbocycles. The maximum Gasteiger partial charge on any atom is 0.119 e. The van der Waals surface area contributed by atoms with Gasteiger partial charge in [0.1, 0.15) is 5.75 Å². The van der Waals surface area contributed by atoms with E-state index >= 15 is 0 Å². The normalized spacial score (nSPS) is 15.6. The first-order valence-electron chi connectivity index (χ1n) is 8.11. The third-order valence-corrected chi connectivity index (χ3v) is 5.14. The van der Waals surface area contributed by atoms with E-state index < -0.39 is 0 Å². The largest absolute Gasteiger partial charge is 0.491 e. The molecule has 2 aromatic rings. The van der Waals surface area contributed by atoms with Gasteiger partial charge in [0, 0.05) is 17.3 Å².